The zero-order valence-electron chi connectivity index (χ0n) is 19.2. The Morgan fingerprint density at radius 1 is 1.12 bits per heavy atom. The average molecular weight is 509 g/mol. The minimum Gasteiger partial charge on any atom is -0.459 e. The number of anilines is 1. The van der Waals surface area contributed by atoms with Crippen LogP contribution in [0.5, 0.6) is 0 Å². The molecule has 1 aromatic heterocycles. The van der Waals surface area contributed by atoms with Gasteiger partial charge in [0, 0.05) is 26.2 Å². The van der Waals surface area contributed by atoms with Gasteiger partial charge in [0.15, 0.2) is 0 Å². The summed E-state index contributed by atoms with van der Waals surface area (Å²) in [6, 6.07) is 8.22. The van der Waals surface area contributed by atoms with Gasteiger partial charge in [0.25, 0.3) is 5.91 Å². The standard InChI is InChI=1S/C22H28N4O6S2/c1-14(2)32-22(29)18-15(3)19(20(23)28)33-21(18)24-17(27)13-25-9-11-26(12-10-25)34(30,31)16-7-5-4-6-8-16/h4-8,14H,9-13H2,1-3H3,(H2,23,28)(H,24,27). The highest BCUT2D eigenvalue weighted by Crippen LogP contribution is 2.33. The Bertz CT molecular complexity index is 1170. The van der Waals surface area contributed by atoms with Crippen molar-refractivity contribution in [2.24, 2.45) is 5.73 Å². The van der Waals surface area contributed by atoms with Crippen LogP contribution in [0.15, 0.2) is 35.2 Å². The summed E-state index contributed by atoms with van der Waals surface area (Å²) in [5, 5.41) is 2.89. The van der Waals surface area contributed by atoms with E-state index in [9.17, 15) is 22.8 Å². The molecule has 0 spiro atoms. The molecule has 0 unspecified atom stereocenters. The number of rotatable bonds is 8. The van der Waals surface area contributed by atoms with Crippen molar-refractivity contribution in [2.75, 3.05) is 38.0 Å². The number of thiophene rings is 1. The predicted molar refractivity (Wildman–Crippen MR) is 128 cm³/mol. The van der Waals surface area contributed by atoms with Gasteiger partial charge in [0.1, 0.15) is 5.00 Å². The molecule has 0 bridgehead atoms. The average Bonchev–Trinajstić information content (AvgIpc) is 3.10. The third kappa shape index (κ3) is 5.81. The van der Waals surface area contributed by atoms with Gasteiger partial charge in [0.05, 0.1) is 28.0 Å². The van der Waals surface area contributed by atoms with Crippen molar-refractivity contribution in [1.82, 2.24) is 9.21 Å². The van der Waals surface area contributed by atoms with Gasteiger partial charge in [-0.1, -0.05) is 18.2 Å². The maximum Gasteiger partial charge on any atom is 0.341 e. The van der Waals surface area contributed by atoms with Gasteiger partial charge in [-0.2, -0.15) is 4.31 Å². The highest BCUT2D eigenvalue weighted by molar-refractivity contribution is 7.89. The lowest BCUT2D eigenvalue weighted by molar-refractivity contribution is -0.117. The minimum atomic E-state index is -3.59. The molecule has 3 rings (SSSR count). The lowest BCUT2D eigenvalue weighted by atomic mass is 10.1. The van der Waals surface area contributed by atoms with E-state index in [-0.39, 0.29) is 46.1 Å². The first-order chi connectivity index (χ1) is 16.0. The largest absolute Gasteiger partial charge is 0.459 e. The highest BCUT2D eigenvalue weighted by Gasteiger charge is 2.30. The van der Waals surface area contributed by atoms with Crippen LogP contribution in [0, 0.1) is 6.92 Å². The monoisotopic (exact) mass is 508 g/mol. The van der Waals surface area contributed by atoms with Crippen LogP contribution >= 0.6 is 11.3 Å². The minimum absolute atomic E-state index is 0.000739. The molecule has 0 radical (unpaired) electrons. The van der Waals surface area contributed by atoms with Gasteiger partial charge in [-0.15, -0.1) is 11.3 Å². The van der Waals surface area contributed by atoms with E-state index in [1.165, 1.54) is 4.31 Å². The molecule has 2 amide bonds. The van der Waals surface area contributed by atoms with Crippen molar-refractivity contribution in [3.8, 4) is 0 Å². The van der Waals surface area contributed by atoms with Crippen molar-refractivity contribution in [2.45, 2.75) is 31.8 Å². The molecule has 12 heteroatoms. The second-order valence-electron chi connectivity index (χ2n) is 8.12. The van der Waals surface area contributed by atoms with Gasteiger partial charge in [-0.3, -0.25) is 14.5 Å². The zero-order valence-corrected chi connectivity index (χ0v) is 20.9. The van der Waals surface area contributed by atoms with E-state index in [1.54, 1.807) is 51.1 Å². The summed E-state index contributed by atoms with van der Waals surface area (Å²) in [5.41, 5.74) is 5.88. The number of piperazine rings is 1. The summed E-state index contributed by atoms with van der Waals surface area (Å²) < 4.78 is 32.2. The van der Waals surface area contributed by atoms with Gasteiger partial charge in [-0.05, 0) is 38.5 Å². The third-order valence-corrected chi connectivity index (χ3v) is 8.38. The Morgan fingerprint density at radius 3 is 2.29 bits per heavy atom. The smallest absolute Gasteiger partial charge is 0.341 e. The Morgan fingerprint density at radius 2 is 1.74 bits per heavy atom. The summed E-state index contributed by atoms with van der Waals surface area (Å²) in [4.78, 5) is 39.3. The molecule has 1 aliphatic rings. The first-order valence-electron chi connectivity index (χ1n) is 10.7. The summed E-state index contributed by atoms with van der Waals surface area (Å²) in [6.07, 6.45) is -0.379. The summed E-state index contributed by atoms with van der Waals surface area (Å²) >= 11 is 0.928. The van der Waals surface area contributed by atoms with Crippen LogP contribution in [-0.4, -0.2) is 74.2 Å². The van der Waals surface area contributed by atoms with Gasteiger partial charge < -0.3 is 15.8 Å². The molecule has 3 N–H and O–H groups in total. The fourth-order valence-corrected chi connectivity index (χ4v) is 6.10. The van der Waals surface area contributed by atoms with Crippen LogP contribution in [0.3, 0.4) is 0 Å². The second-order valence-corrected chi connectivity index (χ2v) is 11.1. The number of ether oxygens (including phenoxy) is 1. The molecule has 2 aromatic rings. The normalized spacial score (nSPS) is 15.3. The van der Waals surface area contributed by atoms with E-state index in [2.05, 4.69) is 5.32 Å². The van der Waals surface area contributed by atoms with Crippen LogP contribution in [0.2, 0.25) is 0 Å². The van der Waals surface area contributed by atoms with Crippen molar-refractivity contribution >= 4 is 44.1 Å². The molecule has 2 heterocycles. The van der Waals surface area contributed by atoms with E-state index in [1.807, 2.05) is 4.90 Å². The third-order valence-electron chi connectivity index (χ3n) is 5.25. The first kappa shape index (κ1) is 25.8. The van der Waals surface area contributed by atoms with Crippen molar-refractivity contribution in [1.29, 1.82) is 0 Å². The fourth-order valence-electron chi connectivity index (χ4n) is 3.59. The van der Waals surface area contributed by atoms with E-state index >= 15 is 0 Å². The number of esters is 1. The Labute approximate surface area is 202 Å². The number of carbonyl (C=O) groups excluding carboxylic acids is 3. The Balaban J connectivity index is 1.65. The lowest BCUT2D eigenvalue weighted by Gasteiger charge is -2.33. The summed E-state index contributed by atoms with van der Waals surface area (Å²) in [7, 11) is -3.59. The second kappa shape index (κ2) is 10.6. The molecule has 184 valence electrons. The molecule has 1 aromatic carbocycles. The van der Waals surface area contributed by atoms with Gasteiger partial charge in [-0.25, -0.2) is 13.2 Å². The highest BCUT2D eigenvalue weighted by atomic mass is 32.2. The predicted octanol–water partition coefficient (Wildman–Crippen LogP) is 1.67. The summed E-state index contributed by atoms with van der Waals surface area (Å²) in [5.74, 6) is -1.74. The fraction of sp³-hybridized carbons (Fsp3) is 0.409. The molecule has 0 atom stereocenters. The van der Waals surface area contributed by atoms with E-state index in [0.717, 1.165) is 11.3 Å². The number of benzene rings is 1. The van der Waals surface area contributed by atoms with Crippen LogP contribution < -0.4 is 11.1 Å². The number of carbonyl (C=O) groups is 3. The maximum absolute atomic E-state index is 12.8. The first-order valence-corrected chi connectivity index (χ1v) is 13.0. The molecule has 34 heavy (non-hydrogen) atoms. The van der Waals surface area contributed by atoms with E-state index in [4.69, 9.17) is 10.5 Å². The SMILES string of the molecule is Cc1c(C(N)=O)sc(NC(=O)CN2CCN(S(=O)(=O)c3ccccc3)CC2)c1C(=O)OC(C)C. The molecule has 0 saturated carbocycles. The van der Waals surface area contributed by atoms with Crippen molar-refractivity contribution in [3.63, 3.8) is 0 Å². The quantitative estimate of drug-likeness (QED) is 0.517. The molecule has 10 nitrogen and oxygen atoms in total. The number of hydrogen-bond acceptors (Lipinski definition) is 8. The van der Waals surface area contributed by atoms with E-state index in [0.29, 0.717) is 18.7 Å². The number of nitrogens with zero attached hydrogens (tertiary/aromatic N) is 2. The number of sulfonamides is 1. The zero-order chi connectivity index (χ0) is 25.0. The molecule has 1 fully saturated rings. The number of primary amides is 1. The number of nitrogens with two attached hydrogens (primary N) is 1. The molecular weight excluding hydrogens is 480 g/mol. The lowest BCUT2D eigenvalue weighted by Crippen LogP contribution is -2.50. The van der Waals surface area contributed by atoms with Gasteiger partial charge >= 0.3 is 5.97 Å². The van der Waals surface area contributed by atoms with E-state index < -0.39 is 27.8 Å². The number of nitrogens with one attached hydrogen (secondary N) is 1. The summed E-state index contributed by atoms with van der Waals surface area (Å²) in [6.45, 7) is 6.22. The molecule has 0 aliphatic carbocycles. The van der Waals surface area contributed by atoms with Crippen LogP contribution in [-0.2, 0) is 19.6 Å². The molecular formula is C22H28N4O6S2. The topological polar surface area (TPSA) is 139 Å². The maximum atomic E-state index is 12.8. The molecule has 1 saturated heterocycles. The Kier molecular flexibility index (Phi) is 8.08. The van der Waals surface area contributed by atoms with Crippen molar-refractivity contribution in [3.05, 3.63) is 46.3 Å². The van der Waals surface area contributed by atoms with Crippen LogP contribution in [0.1, 0.15) is 39.4 Å². The molecule has 1 aliphatic heterocycles. The van der Waals surface area contributed by atoms with Crippen LogP contribution in [0.4, 0.5) is 5.00 Å². The number of hydrogen-bond donors (Lipinski definition) is 2. The Hall–Kier alpha value is -2.80. The van der Waals surface area contributed by atoms with Crippen molar-refractivity contribution < 1.29 is 27.5 Å². The number of amides is 2. The van der Waals surface area contributed by atoms with Crippen LogP contribution in [0.25, 0.3) is 0 Å². The van der Waals surface area contributed by atoms with Gasteiger partial charge in [0.2, 0.25) is 15.9 Å².